The minimum absolute atomic E-state index is 0.0144. The van der Waals surface area contributed by atoms with E-state index in [2.05, 4.69) is 9.47 Å². The Kier molecular flexibility index (Phi) is 5.55. The van der Waals surface area contributed by atoms with E-state index in [4.69, 9.17) is 10.00 Å². The second-order valence-corrected chi connectivity index (χ2v) is 3.19. The predicted molar refractivity (Wildman–Crippen MR) is 59.0 cm³/mol. The van der Waals surface area contributed by atoms with Gasteiger partial charge in [0.1, 0.15) is 6.07 Å². The largest absolute Gasteiger partial charge is 0.509 e. The van der Waals surface area contributed by atoms with Gasteiger partial charge in [0.25, 0.3) is 0 Å². The van der Waals surface area contributed by atoms with Crippen LogP contribution in [0.3, 0.4) is 0 Å². The third kappa shape index (κ3) is 5.00. The molecule has 0 aliphatic rings. The monoisotopic (exact) mass is 235 g/mol. The van der Waals surface area contributed by atoms with E-state index in [0.29, 0.717) is 6.61 Å². The molecular weight excluding hydrogens is 222 g/mol. The number of carbonyl (C=O) groups excluding carboxylic acids is 1. The van der Waals surface area contributed by atoms with Crippen LogP contribution in [0.4, 0.5) is 4.79 Å². The zero-order chi connectivity index (χ0) is 12.5. The molecule has 0 aliphatic carbocycles. The van der Waals surface area contributed by atoms with Crippen molar-refractivity contribution < 1.29 is 19.0 Å². The van der Waals surface area contributed by atoms with Crippen molar-refractivity contribution in [3.05, 3.63) is 35.9 Å². The van der Waals surface area contributed by atoms with Gasteiger partial charge in [-0.05, 0) is 5.56 Å². The molecule has 5 heteroatoms. The first-order valence-corrected chi connectivity index (χ1v) is 5.02. The van der Waals surface area contributed by atoms with Crippen LogP contribution in [-0.2, 0) is 20.8 Å². The van der Waals surface area contributed by atoms with Crippen LogP contribution < -0.4 is 0 Å². The molecule has 0 spiro atoms. The average Bonchev–Trinajstić information content (AvgIpc) is 2.38. The summed E-state index contributed by atoms with van der Waals surface area (Å²) in [5.74, 6) is 0. The molecule has 1 aromatic carbocycles. The number of ether oxygens (including phenoxy) is 3. The second-order valence-electron chi connectivity index (χ2n) is 3.19. The van der Waals surface area contributed by atoms with Crippen LogP contribution in [0.2, 0.25) is 0 Å². The van der Waals surface area contributed by atoms with E-state index >= 15 is 0 Å². The first-order valence-electron chi connectivity index (χ1n) is 5.02. The van der Waals surface area contributed by atoms with Gasteiger partial charge < -0.3 is 14.2 Å². The highest BCUT2D eigenvalue weighted by Gasteiger charge is 2.13. The van der Waals surface area contributed by atoms with Crippen molar-refractivity contribution in [2.24, 2.45) is 0 Å². The number of carbonyl (C=O) groups is 1. The summed E-state index contributed by atoms with van der Waals surface area (Å²) in [6, 6.07) is 11.3. The van der Waals surface area contributed by atoms with Crippen molar-refractivity contribution in [1.29, 1.82) is 5.26 Å². The van der Waals surface area contributed by atoms with Crippen molar-refractivity contribution in [2.75, 3.05) is 13.7 Å². The number of benzene rings is 1. The van der Waals surface area contributed by atoms with Crippen molar-refractivity contribution in [3.8, 4) is 6.07 Å². The summed E-state index contributed by atoms with van der Waals surface area (Å²) >= 11 is 0. The highest BCUT2D eigenvalue weighted by Crippen LogP contribution is 2.02. The molecule has 5 nitrogen and oxygen atoms in total. The molecule has 1 aromatic rings. The zero-order valence-electron chi connectivity index (χ0n) is 9.46. The molecule has 0 saturated heterocycles. The number of nitriles is 1. The van der Waals surface area contributed by atoms with E-state index in [1.165, 1.54) is 7.11 Å². The van der Waals surface area contributed by atoms with Crippen LogP contribution in [0.15, 0.2) is 30.3 Å². The molecule has 0 bridgehead atoms. The highest BCUT2D eigenvalue weighted by molar-refractivity contribution is 5.60. The first kappa shape index (κ1) is 13.0. The summed E-state index contributed by atoms with van der Waals surface area (Å²) < 4.78 is 14.2. The molecule has 0 heterocycles. The van der Waals surface area contributed by atoms with Crippen LogP contribution in [-0.4, -0.2) is 26.0 Å². The molecule has 0 radical (unpaired) electrons. The fourth-order valence-electron chi connectivity index (χ4n) is 1.12. The van der Waals surface area contributed by atoms with Gasteiger partial charge in [-0.25, -0.2) is 4.79 Å². The highest BCUT2D eigenvalue weighted by atomic mass is 16.7. The van der Waals surface area contributed by atoms with Crippen LogP contribution >= 0.6 is 0 Å². The maximum Gasteiger partial charge on any atom is 0.509 e. The van der Waals surface area contributed by atoms with Crippen LogP contribution in [0, 0.1) is 11.3 Å². The van der Waals surface area contributed by atoms with Crippen molar-refractivity contribution >= 4 is 6.16 Å². The number of hydrogen-bond donors (Lipinski definition) is 0. The normalized spacial score (nSPS) is 11.3. The molecule has 17 heavy (non-hydrogen) atoms. The molecule has 1 atom stereocenters. The number of nitrogens with zero attached hydrogens (tertiary/aromatic N) is 1. The van der Waals surface area contributed by atoms with Crippen molar-refractivity contribution in [1.82, 2.24) is 0 Å². The molecule has 90 valence electrons. The van der Waals surface area contributed by atoms with Gasteiger partial charge in [0, 0.05) is 0 Å². The molecule has 0 saturated carbocycles. The summed E-state index contributed by atoms with van der Waals surface area (Å²) in [5.41, 5.74) is 0.988. The molecule has 1 rings (SSSR count). The van der Waals surface area contributed by atoms with Gasteiger partial charge in [0.05, 0.1) is 20.3 Å². The summed E-state index contributed by atoms with van der Waals surface area (Å²) in [6.07, 6.45) is -1.84. The Labute approximate surface area is 99.5 Å². The van der Waals surface area contributed by atoms with Gasteiger partial charge in [-0.1, -0.05) is 30.3 Å². The summed E-state index contributed by atoms with van der Waals surface area (Å²) in [5, 5.41) is 8.70. The Morgan fingerprint density at radius 2 is 2.12 bits per heavy atom. The van der Waals surface area contributed by atoms with Crippen LogP contribution in [0.25, 0.3) is 0 Å². The van der Waals surface area contributed by atoms with Crippen LogP contribution in [0.5, 0.6) is 0 Å². The minimum Gasteiger partial charge on any atom is -0.438 e. The predicted octanol–water partition coefficient (Wildman–Crippen LogP) is 1.88. The minimum atomic E-state index is -0.953. The second kappa shape index (κ2) is 7.25. The fourth-order valence-corrected chi connectivity index (χ4v) is 1.12. The van der Waals surface area contributed by atoms with Gasteiger partial charge in [0.15, 0.2) is 0 Å². The Bertz CT molecular complexity index is 385. The standard InChI is InChI=1S/C12H13NO4/c1-15-12(14)17-11(7-13)9-16-8-10-5-3-2-4-6-10/h2-6,11H,8-9H2,1H3. The smallest absolute Gasteiger partial charge is 0.438 e. The Balaban J connectivity index is 2.29. The lowest BCUT2D eigenvalue weighted by Crippen LogP contribution is -2.21. The van der Waals surface area contributed by atoms with Crippen LogP contribution in [0.1, 0.15) is 5.56 Å². The van der Waals surface area contributed by atoms with Gasteiger partial charge in [-0.3, -0.25) is 0 Å². The van der Waals surface area contributed by atoms with E-state index < -0.39 is 12.3 Å². The number of rotatable bonds is 5. The van der Waals surface area contributed by atoms with E-state index in [9.17, 15) is 4.79 Å². The maximum absolute atomic E-state index is 10.8. The van der Waals surface area contributed by atoms with E-state index in [1.807, 2.05) is 30.3 Å². The Morgan fingerprint density at radius 3 is 2.71 bits per heavy atom. The maximum atomic E-state index is 10.8. The van der Waals surface area contributed by atoms with E-state index in [1.54, 1.807) is 6.07 Å². The Morgan fingerprint density at radius 1 is 1.41 bits per heavy atom. The quantitative estimate of drug-likeness (QED) is 0.729. The number of methoxy groups -OCH3 is 1. The van der Waals surface area contributed by atoms with Gasteiger partial charge in [-0.15, -0.1) is 0 Å². The fraction of sp³-hybridized carbons (Fsp3) is 0.333. The average molecular weight is 235 g/mol. The SMILES string of the molecule is COC(=O)OC(C#N)COCc1ccccc1. The summed E-state index contributed by atoms with van der Waals surface area (Å²) in [4.78, 5) is 10.8. The summed E-state index contributed by atoms with van der Waals surface area (Å²) in [7, 11) is 1.18. The van der Waals surface area contributed by atoms with Gasteiger partial charge in [-0.2, -0.15) is 5.26 Å². The zero-order valence-corrected chi connectivity index (χ0v) is 9.46. The molecule has 0 aromatic heterocycles. The van der Waals surface area contributed by atoms with E-state index in [0.717, 1.165) is 5.56 Å². The van der Waals surface area contributed by atoms with Crippen molar-refractivity contribution in [2.45, 2.75) is 12.7 Å². The summed E-state index contributed by atoms with van der Waals surface area (Å²) in [6.45, 7) is 0.379. The molecule has 0 fully saturated rings. The lowest BCUT2D eigenvalue weighted by atomic mass is 10.2. The molecule has 1 unspecified atom stereocenters. The molecule has 0 amide bonds. The lowest BCUT2D eigenvalue weighted by molar-refractivity contribution is 0.00786. The lowest BCUT2D eigenvalue weighted by Gasteiger charge is -2.10. The van der Waals surface area contributed by atoms with Gasteiger partial charge in [0.2, 0.25) is 6.10 Å². The molecule has 0 N–H and O–H groups in total. The third-order valence-corrected chi connectivity index (χ3v) is 1.93. The topological polar surface area (TPSA) is 68.5 Å². The molecule has 0 aliphatic heterocycles. The first-order chi connectivity index (χ1) is 8.26. The van der Waals surface area contributed by atoms with Crippen molar-refractivity contribution in [3.63, 3.8) is 0 Å². The Hall–Kier alpha value is -2.06. The molecular formula is C12H13NO4. The van der Waals surface area contributed by atoms with E-state index in [-0.39, 0.29) is 6.61 Å². The number of hydrogen-bond acceptors (Lipinski definition) is 5. The third-order valence-electron chi connectivity index (χ3n) is 1.93. The van der Waals surface area contributed by atoms with Gasteiger partial charge >= 0.3 is 6.16 Å².